The summed E-state index contributed by atoms with van der Waals surface area (Å²) in [5.41, 5.74) is 8.01. The van der Waals surface area contributed by atoms with Crippen LogP contribution in [-0.2, 0) is 6.42 Å². The molecule has 1 rings (SSSR count). The molecule has 0 aliphatic heterocycles. The lowest BCUT2D eigenvalue weighted by Gasteiger charge is -2.00. The maximum absolute atomic E-state index is 5.41. The summed E-state index contributed by atoms with van der Waals surface area (Å²) in [5.74, 6) is 0. The fourth-order valence-electron chi connectivity index (χ4n) is 1.14. The first-order valence-corrected chi connectivity index (χ1v) is 4.43. The number of hydrogen-bond acceptors (Lipinski definition) is 1. The number of thiocarbonyl (C=S) groups is 1. The van der Waals surface area contributed by atoms with E-state index in [0.717, 1.165) is 12.8 Å². The van der Waals surface area contributed by atoms with Crippen molar-refractivity contribution in [3.05, 3.63) is 35.4 Å². The molecule has 0 spiro atoms. The standard InChI is InChI=1S/C10H13NS/c1-8-3-2-4-9(7-8)5-6-10(11)12/h2-4,7H,5-6H2,1H3,(H2,11,12). The second-order valence-corrected chi connectivity index (χ2v) is 3.48. The molecule has 0 saturated carbocycles. The van der Waals surface area contributed by atoms with Gasteiger partial charge < -0.3 is 5.73 Å². The first-order chi connectivity index (χ1) is 5.68. The molecule has 0 aromatic heterocycles. The summed E-state index contributed by atoms with van der Waals surface area (Å²) in [4.78, 5) is 0.594. The van der Waals surface area contributed by atoms with Crippen molar-refractivity contribution in [3.63, 3.8) is 0 Å². The van der Waals surface area contributed by atoms with Crippen LogP contribution in [0.1, 0.15) is 17.5 Å². The maximum Gasteiger partial charge on any atom is 0.0730 e. The lowest BCUT2D eigenvalue weighted by molar-refractivity contribution is 1.04. The molecule has 0 unspecified atom stereocenters. The van der Waals surface area contributed by atoms with E-state index in [2.05, 4.69) is 31.2 Å². The van der Waals surface area contributed by atoms with Gasteiger partial charge in [-0.3, -0.25) is 0 Å². The average Bonchev–Trinajstić information content (AvgIpc) is 2.01. The molecule has 0 saturated heterocycles. The Morgan fingerprint density at radius 2 is 2.25 bits per heavy atom. The van der Waals surface area contributed by atoms with Crippen LogP contribution in [-0.4, -0.2) is 4.99 Å². The van der Waals surface area contributed by atoms with Crippen molar-refractivity contribution >= 4 is 17.2 Å². The number of nitrogens with two attached hydrogens (primary N) is 1. The highest BCUT2D eigenvalue weighted by molar-refractivity contribution is 7.80. The molecular weight excluding hydrogens is 166 g/mol. The van der Waals surface area contributed by atoms with E-state index in [9.17, 15) is 0 Å². The molecule has 64 valence electrons. The Kier molecular flexibility index (Phi) is 3.23. The predicted molar refractivity (Wildman–Crippen MR) is 56.3 cm³/mol. The molecule has 2 N–H and O–H groups in total. The maximum atomic E-state index is 5.41. The normalized spacial score (nSPS) is 9.75. The third-order valence-corrected chi connectivity index (χ3v) is 1.95. The molecule has 0 atom stereocenters. The number of hydrogen-bond donors (Lipinski definition) is 1. The van der Waals surface area contributed by atoms with Crippen molar-refractivity contribution in [3.8, 4) is 0 Å². The number of aryl methyl sites for hydroxylation is 2. The molecule has 1 aromatic carbocycles. The van der Waals surface area contributed by atoms with Crippen LogP contribution in [0, 0.1) is 6.92 Å². The average molecular weight is 179 g/mol. The molecule has 0 heterocycles. The SMILES string of the molecule is Cc1cccc(CCC(N)=S)c1. The van der Waals surface area contributed by atoms with E-state index >= 15 is 0 Å². The topological polar surface area (TPSA) is 26.0 Å². The van der Waals surface area contributed by atoms with Gasteiger partial charge in [0.25, 0.3) is 0 Å². The largest absolute Gasteiger partial charge is 0.393 e. The highest BCUT2D eigenvalue weighted by atomic mass is 32.1. The van der Waals surface area contributed by atoms with Crippen molar-refractivity contribution in [2.24, 2.45) is 5.73 Å². The van der Waals surface area contributed by atoms with Crippen LogP contribution in [0.5, 0.6) is 0 Å². The summed E-state index contributed by atoms with van der Waals surface area (Å²) >= 11 is 4.81. The van der Waals surface area contributed by atoms with E-state index in [1.165, 1.54) is 11.1 Å². The summed E-state index contributed by atoms with van der Waals surface area (Å²) < 4.78 is 0. The fraction of sp³-hybridized carbons (Fsp3) is 0.300. The lowest BCUT2D eigenvalue weighted by atomic mass is 10.1. The third kappa shape index (κ3) is 3.01. The van der Waals surface area contributed by atoms with E-state index in [0.29, 0.717) is 4.99 Å². The van der Waals surface area contributed by atoms with Crippen LogP contribution in [0.15, 0.2) is 24.3 Å². The highest BCUT2D eigenvalue weighted by Gasteiger charge is 1.94. The Morgan fingerprint density at radius 3 is 2.83 bits per heavy atom. The first-order valence-electron chi connectivity index (χ1n) is 4.02. The summed E-state index contributed by atoms with van der Waals surface area (Å²) in [6, 6.07) is 8.41. The van der Waals surface area contributed by atoms with Gasteiger partial charge in [0.2, 0.25) is 0 Å². The van der Waals surface area contributed by atoms with E-state index in [-0.39, 0.29) is 0 Å². The van der Waals surface area contributed by atoms with Crippen LogP contribution < -0.4 is 5.73 Å². The Balaban J connectivity index is 2.57. The molecule has 1 aromatic rings. The van der Waals surface area contributed by atoms with E-state index < -0.39 is 0 Å². The molecular formula is C10H13NS. The van der Waals surface area contributed by atoms with Gasteiger partial charge in [0.05, 0.1) is 4.99 Å². The molecule has 1 nitrogen and oxygen atoms in total. The second-order valence-electron chi connectivity index (χ2n) is 2.96. The van der Waals surface area contributed by atoms with Crippen molar-refractivity contribution in [2.45, 2.75) is 19.8 Å². The van der Waals surface area contributed by atoms with E-state index in [1.807, 2.05) is 0 Å². The Hall–Kier alpha value is -0.890. The van der Waals surface area contributed by atoms with Crippen LogP contribution in [0.4, 0.5) is 0 Å². The van der Waals surface area contributed by atoms with Gasteiger partial charge in [-0.2, -0.15) is 0 Å². The van der Waals surface area contributed by atoms with Gasteiger partial charge in [0.15, 0.2) is 0 Å². The minimum Gasteiger partial charge on any atom is -0.393 e. The number of rotatable bonds is 3. The van der Waals surface area contributed by atoms with Gasteiger partial charge in [-0.15, -0.1) is 0 Å². The fourth-order valence-corrected chi connectivity index (χ4v) is 1.24. The zero-order valence-corrected chi connectivity index (χ0v) is 8.03. The monoisotopic (exact) mass is 179 g/mol. The first kappa shape index (κ1) is 9.20. The summed E-state index contributed by atoms with van der Waals surface area (Å²) in [7, 11) is 0. The zero-order chi connectivity index (χ0) is 8.97. The smallest absolute Gasteiger partial charge is 0.0730 e. The van der Waals surface area contributed by atoms with Crippen LogP contribution >= 0.6 is 12.2 Å². The Bertz CT molecular complexity index is 281. The van der Waals surface area contributed by atoms with Crippen molar-refractivity contribution in [2.75, 3.05) is 0 Å². The Morgan fingerprint density at radius 1 is 1.50 bits per heavy atom. The minimum atomic E-state index is 0.594. The molecule has 12 heavy (non-hydrogen) atoms. The highest BCUT2D eigenvalue weighted by Crippen LogP contribution is 2.06. The van der Waals surface area contributed by atoms with Crippen molar-refractivity contribution in [1.82, 2.24) is 0 Å². The van der Waals surface area contributed by atoms with Gasteiger partial charge in [0, 0.05) is 6.42 Å². The zero-order valence-electron chi connectivity index (χ0n) is 7.21. The van der Waals surface area contributed by atoms with Gasteiger partial charge >= 0.3 is 0 Å². The van der Waals surface area contributed by atoms with Crippen LogP contribution in [0.2, 0.25) is 0 Å². The van der Waals surface area contributed by atoms with E-state index in [4.69, 9.17) is 18.0 Å². The lowest BCUT2D eigenvalue weighted by Crippen LogP contribution is -2.08. The summed E-state index contributed by atoms with van der Waals surface area (Å²) in [6.45, 7) is 2.09. The van der Waals surface area contributed by atoms with Gasteiger partial charge in [0.1, 0.15) is 0 Å². The molecule has 0 bridgehead atoms. The number of benzene rings is 1. The molecule has 2 heteroatoms. The molecule has 0 aliphatic carbocycles. The van der Waals surface area contributed by atoms with Crippen LogP contribution in [0.25, 0.3) is 0 Å². The van der Waals surface area contributed by atoms with Crippen LogP contribution in [0.3, 0.4) is 0 Å². The third-order valence-electron chi connectivity index (χ3n) is 1.74. The van der Waals surface area contributed by atoms with Crippen molar-refractivity contribution < 1.29 is 0 Å². The summed E-state index contributed by atoms with van der Waals surface area (Å²) in [6.07, 6.45) is 1.76. The Labute approximate surface area is 78.6 Å². The predicted octanol–water partition coefficient (Wildman–Crippen LogP) is 2.21. The van der Waals surface area contributed by atoms with Gasteiger partial charge in [-0.25, -0.2) is 0 Å². The second kappa shape index (κ2) is 4.21. The summed E-state index contributed by atoms with van der Waals surface area (Å²) in [5, 5.41) is 0. The molecule has 0 radical (unpaired) electrons. The quantitative estimate of drug-likeness (QED) is 0.720. The minimum absolute atomic E-state index is 0.594. The van der Waals surface area contributed by atoms with Gasteiger partial charge in [-0.05, 0) is 18.9 Å². The molecule has 0 fully saturated rings. The van der Waals surface area contributed by atoms with Gasteiger partial charge in [-0.1, -0.05) is 42.0 Å². The van der Waals surface area contributed by atoms with E-state index in [1.54, 1.807) is 0 Å². The van der Waals surface area contributed by atoms with Crippen molar-refractivity contribution in [1.29, 1.82) is 0 Å². The molecule has 0 aliphatic rings. The molecule has 0 amide bonds.